The zero-order chi connectivity index (χ0) is 15.8. The minimum absolute atomic E-state index is 0.158. The monoisotopic (exact) mass is 331 g/mol. The molecule has 3 N–H and O–H groups in total. The first-order chi connectivity index (χ1) is 10.6. The van der Waals surface area contributed by atoms with Gasteiger partial charge < -0.3 is 25.2 Å². The Balaban J connectivity index is 1.76. The lowest BCUT2D eigenvalue weighted by atomic mass is 10.1. The van der Waals surface area contributed by atoms with E-state index in [-0.39, 0.29) is 12.1 Å². The van der Waals surface area contributed by atoms with Crippen LogP contribution >= 0.6 is 11.8 Å². The first-order valence-electron chi connectivity index (χ1n) is 8.15. The number of nitrogens with zero attached hydrogens (tertiary/aromatic N) is 1. The van der Waals surface area contributed by atoms with E-state index in [0.29, 0.717) is 19.8 Å². The van der Waals surface area contributed by atoms with E-state index in [1.165, 1.54) is 0 Å². The van der Waals surface area contributed by atoms with Crippen molar-refractivity contribution in [2.75, 3.05) is 44.4 Å². The van der Waals surface area contributed by atoms with E-state index >= 15 is 0 Å². The maximum absolute atomic E-state index is 10.4. The molecule has 22 heavy (non-hydrogen) atoms. The van der Waals surface area contributed by atoms with E-state index in [0.717, 1.165) is 43.5 Å². The molecule has 2 fully saturated rings. The predicted octanol–water partition coefficient (Wildman–Crippen LogP) is 0.604. The van der Waals surface area contributed by atoms with Crippen LogP contribution in [-0.4, -0.2) is 73.2 Å². The first-order valence-corrected chi connectivity index (χ1v) is 9.31. The molecule has 0 spiro atoms. The van der Waals surface area contributed by atoms with Gasteiger partial charge >= 0.3 is 0 Å². The van der Waals surface area contributed by atoms with Crippen LogP contribution in [0.25, 0.3) is 0 Å². The molecule has 0 aromatic heterocycles. The highest BCUT2D eigenvalue weighted by atomic mass is 32.2. The zero-order valence-electron chi connectivity index (χ0n) is 13.6. The van der Waals surface area contributed by atoms with Gasteiger partial charge in [0.15, 0.2) is 5.96 Å². The summed E-state index contributed by atoms with van der Waals surface area (Å²) in [5.74, 6) is 2.53. The third kappa shape index (κ3) is 5.95. The Kier molecular flexibility index (Phi) is 7.27. The highest BCUT2D eigenvalue weighted by Crippen LogP contribution is 2.27. The van der Waals surface area contributed by atoms with Gasteiger partial charge in [0.25, 0.3) is 0 Å². The molecule has 0 amide bonds. The van der Waals surface area contributed by atoms with Crippen molar-refractivity contribution in [2.45, 2.75) is 44.4 Å². The van der Waals surface area contributed by atoms with E-state index in [4.69, 9.17) is 9.47 Å². The van der Waals surface area contributed by atoms with Crippen LogP contribution in [0.3, 0.4) is 0 Å². The van der Waals surface area contributed by atoms with Gasteiger partial charge in [-0.3, -0.25) is 4.99 Å². The van der Waals surface area contributed by atoms with Gasteiger partial charge in [-0.25, -0.2) is 0 Å². The lowest BCUT2D eigenvalue weighted by Crippen LogP contribution is -2.45. The minimum Gasteiger partial charge on any atom is -0.387 e. The number of thioether (sulfide) groups is 1. The zero-order valence-corrected chi connectivity index (χ0v) is 14.5. The fraction of sp³-hybridized carbons (Fsp3) is 0.933. The maximum atomic E-state index is 10.4. The van der Waals surface area contributed by atoms with Crippen molar-refractivity contribution in [3.8, 4) is 0 Å². The molecule has 0 bridgehead atoms. The molecule has 0 saturated carbocycles. The Morgan fingerprint density at radius 2 is 2.45 bits per heavy atom. The van der Waals surface area contributed by atoms with E-state index in [2.05, 4.69) is 22.5 Å². The van der Waals surface area contributed by atoms with E-state index < -0.39 is 5.60 Å². The SMILES string of the molecule is CCNC(=NCC1(O)CCSC1)NC(C)COC1CCOC1. The van der Waals surface area contributed by atoms with Crippen molar-refractivity contribution in [3.05, 3.63) is 0 Å². The number of ether oxygens (including phenoxy) is 2. The molecule has 6 nitrogen and oxygen atoms in total. The molecule has 128 valence electrons. The average Bonchev–Trinajstić information content (AvgIpc) is 3.15. The molecule has 2 rings (SSSR count). The smallest absolute Gasteiger partial charge is 0.191 e. The van der Waals surface area contributed by atoms with Gasteiger partial charge in [-0.15, -0.1) is 0 Å². The summed E-state index contributed by atoms with van der Waals surface area (Å²) >= 11 is 1.79. The molecule has 2 aliphatic heterocycles. The third-order valence-corrected chi connectivity index (χ3v) is 5.05. The Morgan fingerprint density at radius 1 is 1.59 bits per heavy atom. The highest BCUT2D eigenvalue weighted by Gasteiger charge is 2.31. The van der Waals surface area contributed by atoms with Gasteiger partial charge in [0, 0.05) is 24.9 Å². The molecule has 2 saturated heterocycles. The average molecular weight is 331 g/mol. The number of guanidine groups is 1. The van der Waals surface area contributed by atoms with Crippen LogP contribution in [0.1, 0.15) is 26.7 Å². The van der Waals surface area contributed by atoms with Crippen LogP contribution in [0.4, 0.5) is 0 Å². The molecular weight excluding hydrogens is 302 g/mol. The fourth-order valence-electron chi connectivity index (χ4n) is 2.47. The fourth-order valence-corrected chi connectivity index (χ4v) is 3.75. The van der Waals surface area contributed by atoms with Crippen molar-refractivity contribution >= 4 is 17.7 Å². The normalized spacial score (nSPS) is 30.5. The molecule has 2 heterocycles. The Bertz CT molecular complexity index is 356. The van der Waals surface area contributed by atoms with Gasteiger partial charge in [-0.1, -0.05) is 0 Å². The van der Waals surface area contributed by atoms with Crippen LogP contribution in [0.15, 0.2) is 4.99 Å². The summed E-state index contributed by atoms with van der Waals surface area (Å²) in [4.78, 5) is 4.54. The summed E-state index contributed by atoms with van der Waals surface area (Å²) < 4.78 is 11.1. The van der Waals surface area contributed by atoms with Crippen LogP contribution in [0.2, 0.25) is 0 Å². The molecule has 0 aliphatic carbocycles. The second kappa shape index (κ2) is 8.96. The quantitative estimate of drug-likeness (QED) is 0.469. The lowest BCUT2D eigenvalue weighted by molar-refractivity contribution is 0.0347. The molecule has 3 unspecified atom stereocenters. The Hall–Kier alpha value is -0.500. The summed E-state index contributed by atoms with van der Waals surface area (Å²) in [7, 11) is 0. The van der Waals surface area contributed by atoms with Crippen LogP contribution < -0.4 is 10.6 Å². The molecule has 7 heteroatoms. The molecule has 0 aromatic carbocycles. The van der Waals surface area contributed by atoms with Crippen LogP contribution in [-0.2, 0) is 9.47 Å². The van der Waals surface area contributed by atoms with E-state index in [1.54, 1.807) is 11.8 Å². The summed E-state index contributed by atoms with van der Waals surface area (Å²) in [6.45, 7) is 7.47. The number of hydrogen-bond acceptors (Lipinski definition) is 5. The highest BCUT2D eigenvalue weighted by molar-refractivity contribution is 7.99. The van der Waals surface area contributed by atoms with Gasteiger partial charge in [-0.2, -0.15) is 11.8 Å². The van der Waals surface area contributed by atoms with Crippen LogP contribution in [0.5, 0.6) is 0 Å². The largest absolute Gasteiger partial charge is 0.387 e. The topological polar surface area (TPSA) is 75.1 Å². The minimum atomic E-state index is -0.645. The summed E-state index contributed by atoms with van der Waals surface area (Å²) in [5, 5.41) is 16.9. The lowest BCUT2D eigenvalue weighted by Gasteiger charge is -2.22. The van der Waals surface area contributed by atoms with Crippen molar-refractivity contribution in [2.24, 2.45) is 4.99 Å². The summed E-state index contributed by atoms with van der Waals surface area (Å²) in [5.41, 5.74) is -0.645. The van der Waals surface area contributed by atoms with Crippen molar-refractivity contribution in [1.82, 2.24) is 10.6 Å². The molecule has 0 aromatic rings. The standard InChI is InChI=1S/C15H29N3O3S/c1-3-16-14(17-10-15(19)5-7-22-11-15)18-12(2)8-21-13-4-6-20-9-13/h12-13,19H,3-11H2,1-2H3,(H2,16,17,18). The van der Waals surface area contributed by atoms with Gasteiger partial charge in [0.05, 0.1) is 31.5 Å². The number of aliphatic imine (C=N–C) groups is 1. The molecule has 0 radical (unpaired) electrons. The number of nitrogens with one attached hydrogen (secondary N) is 2. The van der Waals surface area contributed by atoms with Crippen molar-refractivity contribution < 1.29 is 14.6 Å². The molecule has 2 aliphatic rings. The predicted molar refractivity (Wildman–Crippen MR) is 90.6 cm³/mol. The van der Waals surface area contributed by atoms with Crippen molar-refractivity contribution in [1.29, 1.82) is 0 Å². The second-order valence-electron chi connectivity index (χ2n) is 6.09. The van der Waals surface area contributed by atoms with E-state index in [1.807, 2.05) is 6.92 Å². The second-order valence-corrected chi connectivity index (χ2v) is 7.19. The molecule has 3 atom stereocenters. The third-order valence-electron chi connectivity index (χ3n) is 3.81. The Morgan fingerprint density at radius 3 is 3.09 bits per heavy atom. The van der Waals surface area contributed by atoms with Gasteiger partial charge in [-0.05, 0) is 32.4 Å². The number of aliphatic hydroxyl groups is 1. The van der Waals surface area contributed by atoms with Gasteiger partial charge in [0.2, 0.25) is 0 Å². The Labute approximate surface area is 137 Å². The van der Waals surface area contributed by atoms with Crippen molar-refractivity contribution in [3.63, 3.8) is 0 Å². The summed E-state index contributed by atoms with van der Waals surface area (Å²) in [6.07, 6.45) is 2.02. The maximum Gasteiger partial charge on any atom is 0.191 e. The number of rotatable bonds is 7. The first kappa shape index (κ1) is 17.8. The molecular formula is C15H29N3O3S. The number of hydrogen-bond donors (Lipinski definition) is 3. The summed E-state index contributed by atoms with van der Waals surface area (Å²) in [6, 6.07) is 0.158. The van der Waals surface area contributed by atoms with Crippen LogP contribution in [0, 0.1) is 0 Å². The van der Waals surface area contributed by atoms with Gasteiger partial charge in [0.1, 0.15) is 0 Å². The van der Waals surface area contributed by atoms with E-state index in [9.17, 15) is 5.11 Å².